The maximum atomic E-state index is 14.2. The van der Waals surface area contributed by atoms with E-state index in [1.54, 1.807) is 6.07 Å². The van der Waals surface area contributed by atoms with Gasteiger partial charge in [0, 0.05) is 34.0 Å². The van der Waals surface area contributed by atoms with Crippen molar-refractivity contribution in [3.05, 3.63) is 66.0 Å². The highest BCUT2D eigenvalue weighted by Gasteiger charge is 2.32. The van der Waals surface area contributed by atoms with Gasteiger partial charge in [0.05, 0.1) is 31.1 Å². The number of hydrogen-bond acceptors (Lipinski definition) is 10. The molecular weight excluding hydrogens is 558 g/mol. The third-order valence-corrected chi connectivity index (χ3v) is 8.30. The maximum Gasteiger partial charge on any atom is 0.303 e. The highest BCUT2D eigenvalue weighted by molar-refractivity contribution is 6.38. The van der Waals surface area contributed by atoms with Crippen LogP contribution in [0.3, 0.4) is 0 Å². The molecule has 0 aliphatic heterocycles. The smallest absolute Gasteiger partial charge is 0.303 e. The number of phenolic OH excluding ortho intramolecular Hbond substituents is 1. The van der Waals surface area contributed by atoms with Gasteiger partial charge in [-0.2, -0.15) is 0 Å². The number of hydrogen-bond donors (Lipinski definition) is 5. The lowest BCUT2D eigenvalue weighted by Crippen LogP contribution is -2.16. The van der Waals surface area contributed by atoms with Crippen molar-refractivity contribution in [2.24, 2.45) is 0 Å². The minimum Gasteiger partial charge on any atom is -0.507 e. The predicted octanol–water partition coefficient (Wildman–Crippen LogP) is 3.11. The van der Waals surface area contributed by atoms with Gasteiger partial charge in [0.2, 0.25) is 5.43 Å². The molecule has 220 valence electrons. The molecule has 0 unspecified atom stereocenters. The van der Waals surface area contributed by atoms with E-state index in [4.69, 9.17) is 9.47 Å². The van der Waals surface area contributed by atoms with Crippen LogP contribution in [-0.2, 0) is 40.4 Å². The topological polar surface area (TPSA) is 180 Å². The highest BCUT2D eigenvalue weighted by atomic mass is 16.5. The van der Waals surface area contributed by atoms with E-state index in [1.807, 2.05) is 13.0 Å². The van der Waals surface area contributed by atoms with E-state index >= 15 is 0 Å². The average Bonchev–Trinajstić information content (AvgIpc) is 3.12. The monoisotopic (exact) mass is 585 g/mol. The first-order valence-corrected chi connectivity index (χ1v) is 13.5. The van der Waals surface area contributed by atoms with Crippen molar-refractivity contribution in [2.75, 3.05) is 19.2 Å². The third kappa shape index (κ3) is 3.96. The molecule has 0 radical (unpaired) electrons. The van der Waals surface area contributed by atoms with Crippen LogP contribution < -0.4 is 20.9 Å². The number of aliphatic carboxylic acids is 1. The SMILES string of the molecule is COc1c2c3c4c(c(CCC(=O)O)c(O)c5c(=O)cc(CO)c(c6c(CO)cc(NCOC=O)c(c1=O)c63)c54)C=C(C)C2. The molecule has 0 saturated heterocycles. The number of carboxylic acids is 1. The van der Waals surface area contributed by atoms with E-state index in [2.05, 4.69) is 5.32 Å². The summed E-state index contributed by atoms with van der Waals surface area (Å²) in [6.45, 7) is 0.784. The van der Waals surface area contributed by atoms with Crippen LogP contribution in [0.5, 0.6) is 11.5 Å². The maximum absolute atomic E-state index is 14.2. The normalized spacial score (nSPS) is 12.8. The fourth-order valence-corrected chi connectivity index (χ4v) is 6.75. The first-order valence-electron chi connectivity index (χ1n) is 13.5. The Morgan fingerprint density at radius 1 is 0.977 bits per heavy atom. The van der Waals surface area contributed by atoms with Crippen LogP contribution in [0.4, 0.5) is 5.69 Å². The zero-order chi connectivity index (χ0) is 30.7. The quantitative estimate of drug-likeness (QED) is 0.0534. The molecule has 5 N–H and O–H groups in total. The number of phenols is 1. The number of aliphatic hydroxyl groups excluding tert-OH is 2. The van der Waals surface area contributed by atoms with E-state index in [1.165, 1.54) is 13.2 Å². The molecule has 5 aromatic carbocycles. The summed E-state index contributed by atoms with van der Waals surface area (Å²) in [4.78, 5) is 50.2. The Hall–Kier alpha value is -5.00. The minimum absolute atomic E-state index is 0.0420. The Labute approximate surface area is 242 Å². The van der Waals surface area contributed by atoms with Crippen LogP contribution in [-0.4, -0.2) is 46.7 Å². The van der Waals surface area contributed by atoms with Gasteiger partial charge >= 0.3 is 5.97 Å². The Morgan fingerprint density at radius 2 is 1.65 bits per heavy atom. The van der Waals surface area contributed by atoms with E-state index in [-0.39, 0.29) is 71.6 Å². The van der Waals surface area contributed by atoms with Crippen molar-refractivity contribution in [3.63, 3.8) is 0 Å². The molecule has 6 rings (SSSR count). The fraction of sp³-hybridized carbons (Fsp3) is 0.250. The zero-order valence-electron chi connectivity index (χ0n) is 23.3. The molecular formula is C32H27NO10. The van der Waals surface area contributed by atoms with Gasteiger partial charge in [-0.3, -0.25) is 19.2 Å². The number of rotatable bonds is 10. The van der Waals surface area contributed by atoms with Crippen LogP contribution in [0.25, 0.3) is 49.2 Å². The van der Waals surface area contributed by atoms with E-state index < -0.39 is 30.0 Å². The molecule has 0 saturated carbocycles. The van der Waals surface area contributed by atoms with Gasteiger partial charge in [0.25, 0.3) is 6.47 Å². The molecule has 0 heterocycles. The Balaban J connectivity index is 2.03. The summed E-state index contributed by atoms with van der Waals surface area (Å²) in [6.07, 6.45) is 1.70. The van der Waals surface area contributed by atoms with Crippen LogP contribution >= 0.6 is 0 Å². The fourth-order valence-electron chi connectivity index (χ4n) is 6.75. The number of methoxy groups -OCH3 is 1. The molecule has 0 aromatic heterocycles. The van der Waals surface area contributed by atoms with Crippen LogP contribution in [0.2, 0.25) is 0 Å². The molecule has 0 bridgehead atoms. The Morgan fingerprint density at radius 3 is 2.28 bits per heavy atom. The average molecular weight is 586 g/mol. The van der Waals surface area contributed by atoms with Crippen LogP contribution in [0.15, 0.2) is 27.3 Å². The summed E-state index contributed by atoms with van der Waals surface area (Å²) in [5.74, 6) is -1.37. The number of aromatic hydroxyl groups is 1. The standard InChI is InChI=1S/C32H27NO10/c1-13-5-17-16(3-4-21(38)39)30(40)27-20(37)8-15(10-35)23-22-14(9-34)7-19(33-11-43-12-36)26-28(22)25(24(17)29(23)27)18(6-13)32(42-2)31(26)41/h5,7-8,12,33-35,40H,3-4,6,9-11H2,1-2H3,(H,38,39). The Bertz CT molecular complexity index is 2150. The van der Waals surface area contributed by atoms with Gasteiger partial charge < -0.3 is 35.2 Å². The van der Waals surface area contributed by atoms with Crippen molar-refractivity contribution < 1.29 is 39.5 Å². The van der Waals surface area contributed by atoms with Crippen LogP contribution in [0.1, 0.15) is 41.2 Å². The highest BCUT2D eigenvalue weighted by Crippen LogP contribution is 2.51. The van der Waals surface area contributed by atoms with Gasteiger partial charge in [0.15, 0.2) is 17.9 Å². The number of aliphatic hydroxyl groups is 2. The summed E-state index contributed by atoms with van der Waals surface area (Å²) in [5, 5.41) is 47.9. The summed E-state index contributed by atoms with van der Waals surface area (Å²) >= 11 is 0. The molecule has 11 nitrogen and oxygen atoms in total. The molecule has 0 fully saturated rings. The van der Waals surface area contributed by atoms with E-state index in [0.717, 1.165) is 5.57 Å². The molecule has 1 aliphatic rings. The molecule has 43 heavy (non-hydrogen) atoms. The van der Waals surface area contributed by atoms with Crippen molar-refractivity contribution in [1.82, 2.24) is 0 Å². The minimum atomic E-state index is -1.08. The number of ether oxygens (including phenoxy) is 2. The van der Waals surface area contributed by atoms with Gasteiger partial charge in [-0.1, -0.05) is 11.6 Å². The zero-order valence-corrected chi connectivity index (χ0v) is 23.3. The number of carboxylic acid groups (broad SMARTS) is 1. The van der Waals surface area contributed by atoms with Crippen molar-refractivity contribution in [3.8, 4) is 11.5 Å². The Kier molecular flexibility index (Phi) is 6.79. The number of carbonyl (C=O) groups is 2. The summed E-state index contributed by atoms with van der Waals surface area (Å²) < 4.78 is 10.5. The number of allylic oxidation sites excluding steroid dienone is 1. The number of fused-ring (bicyclic) bond motifs is 1. The van der Waals surface area contributed by atoms with Crippen molar-refractivity contribution >= 4 is 67.3 Å². The van der Waals surface area contributed by atoms with Gasteiger partial charge in [-0.25, -0.2) is 0 Å². The number of nitrogens with one attached hydrogen (secondary N) is 1. The molecule has 0 spiro atoms. The second kappa shape index (κ2) is 10.4. The van der Waals surface area contributed by atoms with E-state index in [0.29, 0.717) is 49.0 Å². The van der Waals surface area contributed by atoms with Gasteiger partial charge in [-0.05, 0) is 70.1 Å². The molecule has 1 aliphatic carbocycles. The molecule has 0 atom stereocenters. The van der Waals surface area contributed by atoms with E-state index in [9.17, 15) is 39.6 Å². The summed E-state index contributed by atoms with van der Waals surface area (Å²) in [7, 11) is 1.38. The predicted molar refractivity (Wildman–Crippen MR) is 160 cm³/mol. The second-order valence-corrected chi connectivity index (χ2v) is 10.7. The van der Waals surface area contributed by atoms with Gasteiger partial charge in [0.1, 0.15) is 5.75 Å². The van der Waals surface area contributed by atoms with Gasteiger partial charge in [-0.15, -0.1) is 0 Å². The van der Waals surface area contributed by atoms with Crippen LogP contribution in [0, 0.1) is 0 Å². The first-order chi connectivity index (χ1) is 20.7. The molecule has 0 amide bonds. The van der Waals surface area contributed by atoms with Crippen molar-refractivity contribution in [2.45, 2.75) is 39.4 Å². The lowest BCUT2D eigenvalue weighted by Gasteiger charge is -2.24. The first kappa shape index (κ1) is 28.1. The molecule has 11 heteroatoms. The second-order valence-electron chi connectivity index (χ2n) is 10.7. The van der Waals surface area contributed by atoms with Crippen molar-refractivity contribution in [1.29, 1.82) is 0 Å². The number of carbonyl (C=O) groups excluding carboxylic acids is 1. The number of benzene rings is 5. The lowest BCUT2D eigenvalue weighted by molar-refractivity contribution is -0.137. The summed E-state index contributed by atoms with van der Waals surface area (Å²) in [6, 6.07) is 2.76. The third-order valence-electron chi connectivity index (χ3n) is 8.30. The number of anilines is 1. The lowest BCUT2D eigenvalue weighted by atomic mass is 9.80. The summed E-state index contributed by atoms with van der Waals surface area (Å²) in [5.41, 5.74) is 1.93. The largest absolute Gasteiger partial charge is 0.507 e. The molecule has 5 aromatic rings.